The number of carbonyl (C=O) groups is 6. The van der Waals surface area contributed by atoms with E-state index in [0.717, 1.165) is 10.0 Å². The Hall–Kier alpha value is -3.48. The summed E-state index contributed by atoms with van der Waals surface area (Å²) in [5.41, 5.74) is 0.868. The van der Waals surface area contributed by atoms with Crippen molar-refractivity contribution in [2.75, 3.05) is 20.1 Å². The third kappa shape index (κ3) is 13.7. The number of rotatable bonds is 17. The van der Waals surface area contributed by atoms with Crippen molar-refractivity contribution in [1.82, 2.24) is 15.5 Å². The molecule has 1 aromatic rings. The lowest BCUT2D eigenvalue weighted by molar-refractivity contribution is -0.147. The van der Waals surface area contributed by atoms with Crippen molar-refractivity contribution in [3.63, 3.8) is 0 Å². The van der Waals surface area contributed by atoms with Gasteiger partial charge in [-0.25, -0.2) is 9.59 Å². The normalized spacial score (nSPS) is 12.1. The van der Waals surface area contributed by atoms with Crippen molar-refractivity contribution in [2.45, 2.75) is 64.0 Å². The topological polar surface area (TPSA) is 179 Å². The summed E-state index contributed by atoms with van der Waals surface area (Å²) < 4.78 is 5.81. The number of carbonyl (C=O) groups excluding carboxylic acids is 4. The molecule has 13 heteroatoms. The number of unbranched alkanes of at least 4 members (excludes halogenated alkanes) is 1. The van der Waals surface area contributed by atoms with Crippen LogP contribution >= 0.6 is 15.9 Å². The highest BCUT2D eigenvalue weighted by atomic mass is 76.9. The van der Waals surface area contributed by atoms with Gasteiger partial charge in [-0.05, 0) is 50.3 Å². The first-order valence-corrected chi connectivity index (χ1v) is 12.9. The molecule has 0 aliphatic carbocycles. The fourth-order valence-electron chi connectivity index (χ4n) is 3.26. The Labute approximate surface area is 229 Å². The van der Waals surface area contributed by atoms with E-state index in [0.29, 0.717) is 12.8 Å². The number of Topliss-reactive ketones (excluding diaryl/α,β-unsaturated/α-hetero) is 1. The van der Waals surface area contributed by atoms with Crippen LogP contribution in [0.15, 0.2) is 28.7 Å². The zero-order valence-electron chi connectivity index (χ0n) is 21.4. The number of aliphatic carboxylic acids is 2. The number of carboxylic acid groups (broad SMARTS) is 2. The van der Waals surface area contributed by atoms with Gasteiger partial charge < -0.3 is 30.5 Å². The number of alkyl carbamates (subject to hydrolysis) is 1. The van der Waals surface area contributed by atoms with Gasteiger partial charge >= 0.3 is 18.0 Å². The van der Waals surface area contributed by atoms with Crippen LogP contribution in [0.4, 0.5) is 4.79 Å². The highest BCUT2D eigenvalue weighted by Gasteiger charge is 2.25. The first-order valence-electron chi connectivity index (χ1n) is 12.1. The minimum atomic E-state index is -1.47. The molecule has 12 nitrogen and oxygen atoms in total. The standard InChI is InChI=1S/C25H34BrN3O9/c1-16(30)19(10-11-23(33)34)28-25(37)38-20(24(35)36)5-3-4-13-27-21(31)12-14-29(2)22(32)15-17-6-8-18(26)9-7-17/h6-9,19-20H,3-5,10-15H2,1-2H3,(H,27,31)(H,28,37)(H,33,34)(H,35,36)/t19-,20-/m0/s1/i26-3. The molecule has 0 fully saturated rings. The van der Waals surface area contributed by atoms with Crippen molar-refractivity contribution < 1.29 is 43.7 Å². The molecular weight excluding hydrogens is 563 g/mol. The van der Waals surface area contributed by atoms with Gasteiger partial charge in [0.25, 0.3) is 0 Å². The fraction of sp³-hybridized carbons (Fsp3) is 0.520. The molecular formula is C25H34BrN3O9. The predicted octanol–water partition coefficient (Wildman–Crippen LogP) is 2.13. The first-order chi connectivity index (χ1) is 17.9. The zero-order chi connectivity index (χ0) is 28.7. The third-order valence-corrected chi connectivity index (χ3v) is 6.07. The van der Waals surface area contributed by atoms with Gasteiger partial charge in [0.1, 0.15) is 0 Å². The molecule has 0 heterocycles. The number of hydrogen-bond donors (Lipinski definition) is 4. The van der Waals surface area contributed by atoms with Crippen molar-refractivity contribution >= 4 is 51.6 Å². The lowest BCUT2D eigenvalue weighted by Gasteiger charge is -2.18. The molecule has 0 bridgehead atoms. The molecule has 4 N–H and O–H groups in total. The molecule has 1 aromatic carbocycles. The van der Waals surface area contributed by atoms with E-state index in [1.807, 2.05) is 24.3 Å². The lowest BCUT2D eigenvalue weighted by atomic mass is 10.1. The van der Waals surface area contributed by atoms with Crippen molar-refractivity contribution in [1.29, 1.82) is 0 Å². The summed E-state index contributed by atoms with van der Waals surface area (Å²) in [4.78, 5) is 71.6. The Kier molecular flexibility index (Phi) is 14.7. The van der Waals surface area contributed by atoms with E-state index >= 15 is 0 Å². The van der Waals surface area contributed by atoms with Gasteiger partial charge in [-0.15, -0.1) is 0 Å². The molecule has 0 unspecified atom stereocenters. The number of nitrogens with one attached hydrogen (secondary N) is 2. The smallest absolute Gasteiger partial charge is 0.408 e. The minimum Gasteiger partial charge on any atom is -0.481 e. The summed E-state index contributed by atoms with van der Waals surface area (Å²) >= 11 is 3.34. The van der Waals surface area contributed by atoms with E-state index in [2.05, 4.69) is 26.6 Å². The average molecular weight is 597 g/mol. The number of carboxylic acids is 2. The van der Waals surface area contributed by atoms with Crippen LogP contribution in [0.5, 0.6) is 0 Å². The summed E-state index contributed by atoms with van der Waals surface area (Å²) in [6, 6.07) is 6.30. The molecule has 0 saturated heterocycles. The van der Waals surface area contributed by atoms with Crippen LogP contribution in [0, 0.1) is 0 Å². The van der Waals surface area contributed by atoms with Gasteiger partial charge in [0.2, 0.25) is 17.9 Å². The molecule has 0 spiro atoms. The molecule has 38 heavy (non-hydrogen) atoms. The second-order valence-corrected chi connectivity index (χ2v) is 9.60. The molecule has 2 atom stereocenters. The number of ketones is 1. The van der Waals surface area contributed by atoms with Gasteiger partial charge in [0.05, 0.1) is 12.5 Å². The number of ether oxygens (including phenoxy) is 1. The van der Waals surface area contributed by atoms with Gasteiger partial charge in [-0.3, -0.25) is 19.2 Å². The summed E-state index contributed by atoms with van der Waals surface area (Å²) in [5.74, 6) is -3.36. The number of nitrogens with zero attached hydrogens (tertiary/aromatic N) is 1. The number of amides is 3. The SMILES string of the molecule is CC(=O)[C@H](CCC(=O)O)NC(=O)O[C@@H](CCCCNC(=O)CCN(C)C(=O)Cc1ccc([77Br])cc1)C(=O)O. The summed E-state index contributed by atoms with van der Waals surface area (Å²) in [5, 5.41) is 22.9. The van der Waals surface area contributed by atoms with Crippen LogP contribution in [0.25, 0.3) is 0 Å². The van der Waals surface area contributed by atoms with Gasteiger partial charge in [-0.1, -0.05) is 28.1 Å². The van der Waals surface area contributed by atoms with Crippen LogP contribution in [-0.4, -0.2) is 83.0 Å². The molecule has 0 radical (unpaired) electrons. The summed E-state index contributed by atoms with van der Waals surface area (Å²) in [7, 11) is 1.63. The maximum atomic E-state index is 12.3. The number of halogens is 1. The van der Waals surface area contributed by atoms with Gasteiger partial charge in [-0.2, -0.15) is 0 Å². The van der Waals surface area contributed by atoms with Crippen molar-refractivity contribution in [2.24, 2.45) is 0 Å². The molecule has 0 aliphatic rings. The molecule has 3 amide bonds. The van der Waals surface area contributed by atoms with Crippen molar-refractivity contribution in [3.8, 4) is 0 Å². The van der Waals surface area contributed by atoms with E-state index in [4.69, 9.17) is 9.84 Å². The summed E-state index contributed by atoms with van der Waals surface area (Å²) in [6.07, 6.45) is -2.02. The van der Waals surface area contributed by atoms with Crippen molar-refractivity contribution in [3.05, 3.63) is 34.3 Å². The Morgan fingerprint density at radius 1 is 1.00 bits per heavy atom. The minimum absolute atomic E-state index is 0.0220. The van der Waals surface area contributed by atoms with Crippen LogP contribution in [0.2, 0.25) is 0 Å². The number of benzene rings is 1. The van der Waals surface area contributed by atoms with E-state index in [1.165, 1.54) is 11.8 Å². The largest absolute Gasteiger partial charge is 0.481 e. The molecule has 210 valence electrons. The Balaban J connectivity index is 2.31. The van der Waals surface area contributed by atoms with E-state index in [1.54, 1.807) is 7.05 Å². The van der Waals surface area contributed by atoms with E-state index in [9.17, 15) is 33.9 Å². The van der Waals surface area contributed by atoms with E-state index < -0.39 is 36.0 Å². The molecule has 0 saturated carbocycles. The van der Waals surface area contributed by atoms with Crippen LogP contribution in [-0.2, 0) is 35.1 Å². The fourth-order valence-corrected chi connectivity index (χ4v) is 3.52. The Morgan fingerprint density at radius 3 is 2.24 bits per heavy atom. The molecule has 0 aliphatic heterocycles. The maximum Gasteiger partial charge on any atom is 0.408 e. The second-order valence-electron chi connectivity index (χ2n) is 8.69. The summed E-state index contributed by atoms with van der Waals surface area (Å²) in [6.45, 7) is 1.70. The number of hydrogen-bond acceptors (Lipinski definition) is 7. The predicted molar refractivity (Wildman–Crippen MR) is 139 cm³/mol. The average Bonchev–Trinajstić information content (AvgIpc) is 2.84. The first kappa shape index (κ1) is 32.5. The number of likely N-dealkylation sites (N-methyl/N-ethyl adjacent to an activating group) is 1. The van der Waals surface area contributed by atoms with Gasteiger partial charge in [0.15, 0.2) is 5.78 Å². The van der Waals surface area contributed by atoms with E-state index in [-0.39, 0.29) is 57.0 Å². The maximum absolute atomic E-state index is 12.3. The Bertz CT molecular complexity index is 985. The second kappa shape index (κ2) is 17.1. The molecule has 1 rings (SSSR count). The van der Waals surface area contributed by atoms with Crippen LogP contribution in [0.3, 0.4) is 0 Å². The quantitative estimate of drug-likeness (QED) is 0.196. The molecule has 0 aromatic heterocycles. The van der Waals surface area contributed by atoms with Crippen LogP contribution < -0.4 is 10.6 Å². The Morgan fingerprint density at radius 2 is 1.66 bits per heavy atom. The third-order valence-electron chi connectivity index (χ3n) is 5.54. The van der Waals surface area contributed by atoms with Crippen LogP contribution in [0.1, 0.15) is 51.0 Å². The zero-order valence-corrected chi connectivity index (χ0v) is 23.0. The lowest BCUT2D eigenvalue weighted by Crippen LogP contribution is -2.42. The monoisotopic (exact) mass is 597 g/mol. The van der Waals surface area contributed by atoms with Gasteiger partial charge in [0, 0.05) is 37.5 Å². The highest BCUT2D eigenvalue weighted by molar-refractivity contribution is 9.10. The highest BCUT2D eigenvalue weighted by Crippen LogP contribution is 2.12.